The van der Waals surface area contributed by atoms with E-state index in [-0.39, 0.29) is 15.8 Å². The van der Waals surface area contributed by atoms with Gasteiger partial charge in [-0.25, -0.2) is 8.42 Å². The van der Waals surface area contributed by atoms with Gasteiger partial charge in [-0.05, 0) is 12.1 Å². The van der Waals surface area contributed by atoms with E-state index in [9.17, 15) is 13.2 Å². The second-order valence-corrected chi connectivity index (χ2v) is 7.63. The van der Waals surface area contributed by atoms with Crippen LogP contribution in [0.1, 0.15) is 6.92 Å². The number of rotatable bonds is 5. The molecule has 0 spiro atoms. The number of nitrogens with zero attached hydrogens (tertiary/aromatic N) is 1. The molecule has 0 radical (unpaired) electrons. The van der Waals surface area contributed by atoms with E-state index in [0.29, 0.717) is 19.6 Å². The first-order chi connectivity index (χ1) is 10.4. The molecule has 8 heteroatoms. The minimum atomic E-state index is -3.53. The molecule has 0 saturated carbocycles. The van der Waals surface area contributed by atoms with Crippen LogP contribution in [-0.4, -0.2) is 57.9 Å². The van der Waals surface area contributed by atoms with E-state index in [4.69, 9.17) is 11.6 Å². The van der Waals surface area contributed by atoms with Crippen molar-refractivity contribution in [1.29, 1.82) is 0 Å². The van der Waals surface area contributed by atoms with Crippen molar-refractivity contribution < 1.29 is 18.1 Å². The van der Waals surface area contributed by atoms with Gasteiger partial charge in [0.05, 0.1) is 44.3 Å². The number of carbonyl (C=O) groups excluding carboxylic acids is 1. The Labute approximate surface area is 136 Å². The summed E-state index contributed by atoms with van der Waals surface area (Å²) < 4.78 is 26.7. The molecule has 0 atom stereocenters. The maximum absolute atomic E-state index is 12.6. The Kier molecular flexibility index (Phi) is 5.80. The van der Waals surface area contributed by atoms with Gasteiger partial charge < -0.3 is 10.2 Å². The normalized spacial score (nSPS) is 17.4. The van der Waals surface area contributed by atoms with Crippen LogP contribution in [0.3, 0.4) is 0 Å². The van der Waals surface area contributed by atoms with Gasteiger partial charge in [-0.3, -0.25) is 4.79 Å². The summed E-state index contributed by atoms with van der Waals surface area (Å²) in [5.74, 6) is -0.0423. The van der Waals surface area contributed by atoms with Crippen molar-refractivity contribution in [2.45, 2.75) is 11.8 Å². The summed E-state index contributed by atoms with van der Waals surface area (Å²) in [7, 11) is -3.53. The number of nitrogens with one attached hydrogen (secondary N) is 2. The molecule has 2 N–H and O–H groups in total. The monoisotopic (exact) mass is 346 g/mol. The number of sulfonamides is 1. The molecule has 0 aromatic heterocycles. The third-order valence-electron chi connectivity index (χ3n) is 3.74. The molecular formula is C14H21ClN3O3S+. The second kappa shape index (κ2) is 7.41. The summed E-state index contributed by atoms with van der Waals surface area (Å²) >= 11 is 6.00. The lowest BCUT2D eigenvalue weighted by Crippen LogP contribution is -3.15. The predicted molar refractivity (Wildman–Crippen MR) is 84.5 cm³/mol. The molecule has 1 aliphatic heterocycles. The zero-order chi connectivity index (χ0) is 16.2. The van der Waals surface area contributed by atoms with Crippen LogP contribution >= 0.6 is 11.6 Å². The molecule has 1 saturated heterocycles. The summed E-state index contributed by atoms with van der Waals surface area (Å²) in [5, 5.41) is 3.01. The standard InChI is InChI=1S/C14H20ClN3O3S/c1-12(19)16-6-7-17-8-10-18(11-9-17)22(20,21)14-5-3-2-4-13(14)15/h2-5H,6-11H2,1H3,(H,16,19)/p+1. The molecule has 1 heterocycles. The Hall–Kier alpha value is -1.15. The van der Waals surface area contributed by atoms with Gasteiger partial charge in [0.2, 0.25) is 15.9 Å². The van der Waals surface area contributed by atoms with E-state index in [1.807, 2.05) is 0 Å². The van der Waals surface area contributed by atoms with Gasteiger partial charge in [-0.15, -0.1) is 0 Å². The first kappa shape index (κ1) is 17.2. The lowest BCUT2D eigenvalue weighted by atomic mass is 10.3. The smallest absolute Gasteiger partial charge is 0.244 e. The van der Waals surface area contributed by atoms with Crippen LogP contribution in [0.15, 0.2) is 29.2 Å². The summed E-state index contributed by atoms with van der Waals surface area (Å²) in [6, 6.07) is 6.51. The lowest BCUT2D eigenvalue weighted by Gasteiger charge is -2.31. The van der Waals surface area contributed by atoms with Gasteiger partial charge in [0.1, 0.15) is 4.90 Å². The highest BCUT2D eigenvalue weighted by atomic mass is 35.5. The van der Waals surface area contributed by atoms with E-state index in [1.54, 1.807) is 18.2 Å². The molecule has 0 unspecified atom stereocenters. The summed E-state index contributed by atoms with van der Waals surface area (Å²) in [6.45, 7) is 5.28. The van der Waals surface area contributed by atoms with Crippen LogP contribution < -0.4 is 10.2 Å². The largest absolute Gasteiger partial charge is 0.351 e. The molecule has 22 heavy (non-hydrogen) atoms. The minimum Gasteiger partial charge on any atom is -0.351 e. The van der Waals surface area contributed by atoms with Crippen molar-refractivity contribution in [3.05, 3.63) is 29.3 Å². The highest BCUT2D eigenvalue weighted by Crippen LogP contribution is 2.23. The number of piperazine rings is 1. The highest BCUT2D eigenvalue weighted by molar-refractivity contribution is 7.89. The molecular weight excluding hydrogens is 326 g/mol. The fraction of sp³-hybridized carbons (Fsp3) is 0.500. The highest BCUT2D eigenvalue weighted by Gasteiger charge is 2.31. The zero-order valence-corrected chi connectivity index (χ0v) is 14.1. The molecule has 6 nitrogen and oxygen atoms in total. The van der Waals surface area contributed by atoms with E-state index in [2.05, 4.69) is 5.32 Å². The fourth-order valence-electron chi connectivity index (χ4n) is 2.50. The summed E-state index contributed by atoms with van der Waals surface area (Å²) in [6.07, 6.45) is 0. The number of benzene rings is 1. The number of quaternary nitrogens is 1. The number of halogens is 1. The van der Waals surface area contributed by atoms with Gasteiger partial charge in [-0.2, -0.15) is 4.31 Å². The Morgan fingerprint density at radius 2 is 1.95 bits per heavy atom. The lowest BCUT2D eigenvalue weighted by molar-refractivity contribution is -0.902. The molecule has 0 bridgehead atoms. The first-order valence-corrected chi connectivity index (χ1v) is 9.06. The van der Waals surface area contributed by atoms with Crippen molar-refractivity contribution >= 4 is 27.5 Å². The molecule has 122 valence electrons. The van der Waals surface area contributed by atoms with Gasteiger partial charge in [-0.1, -0.05) is 23.7 Å². The first-order valence-electron chi connectivity index (χ1n) is 7.24. The van der Waals surface area contributed by atoms with Crippen molar-refractivity contribution in [3.8, 4) is 0 Å². The Bertz CT molecular complexity index is 628. The van der Waals surface area contributed by atoms with Crippen LogP contribution in [0.5, 0.6) is 0 Å². The number of amides is 1. The van der Waals surface area contributed by atoms with E-state index < -0.39 is 10.0 Å². The predicted octanol–water partition coefficient (Wildman–Crippen LogP) is -0.635. The quantitative estimate of drug-likeness (QED) is 0.745. The molecule has 1 aliphatic rings. The van der Waals surface area contributed by atoms with Crippen LogP contribution in [0.2, 0.25) is 5.02 Å². The van der Waals surface area contributed by atoms with Crippen LogP contribution in [0, 0.1) is 0 Å². The van der Waals surface area contributed by atoms with Crippen molar-refractivity contribution in [1.82, 2.24) is 9.62 Å². The third kappa shape index (κ3) is 4.19. The maximum Gasteiger partial charge on any atom is 0.244 e. The fourth-order valence-corrected chi connectivity index (χ4v) is 4.44. The van der Waals surface area contributed by atoms with Crippen molar-refractivity contribution in [2.75, 3.05) is 39.3 Å². The van der Waals surface area contributed by atoms with Crippen molar-refractivity contribution in [3.63, 3.8) is 0 Å². The van der Waals surface area contributed by atoms with E-state index in [0.717, 1.165) is 19.6 Å². The minimum absolute atomic E-state index is 0.0423. The Morgan fingerprint density at radius 1 is 1.32 bits per heavy atom. The van der Waals surface area contributed by atoms with Gasteiger partial charge in [0.25, 0.3) is 0 Å². The maximum atomic E-state index is 12.6. The molecule has 1 fully saturated rings. The van der Waals surface area contributed by atoms with Crippen LogP contribution in [-0.2, 0) is 14.8 Å². The van der Waals surface area contributed by atoms with Gasteiger partial charge in [0, 0.05) is 6.92 Å². The zero-order valence-electron chi connectivity index (χ0n) is 12.5. The SMILES string of the molecule is CC(=O)NCC[NH+]1CCN(S(=O)(=O)c2ccccc2Cl)CC1. The summed E-state index contributed by atoms with van der Waals surface area (Å²) in [4.78, 5) is 12.3. The van der Waals surface area contributed by atoms with Gasteiger partial charge >= 0.3 is 0 Å². The summed E-state index contributed by atoms with van der Waals surface area (Å²) in [5.41, 5.74) is 0. The Morgan fingerprint density at radius 3 is 2.55 bits per heavy atom. The second-order valence-electron chi connectivity index (χ2n) is 5.32. The van der Waals surface area contributed by atoms with E-state index >= 15 is 0 Å². The molecule has 1 aromatic carbocycles. The Balaban J connectivity index is 1.94. The number of hydrogen-bond donors (Lipinski definition) is 2. The molecule has 1 amide bonds. The molecule has 1 aromatic rings. The third-order valence-corrected chi connectivity index (χ3v) is 6.13. The van der Waals surface area contributed by atoms with Crippen molar-refractivity contribution in [2.24, 2.45) is 0 Å². The molecule has 2 rings (SSSR count). The van der Waals surface area contributed by atoms with Gasteiger partial charge in [0.15, 0.2) is 0 Å². The average Bonchev–Trinajstić information content (AvgIpc) is 2.47. The topological polar surface area (TPSA) is 70.9 Å². The van der Waals surface area contributed by atoms with Crippen LogP contribution in [0.25, 0.3) is 0 Å². The van der Waals surface area contributed by atoms with E-state index in [1.165, 1.54) is 22.2 Å². The van der Waals surface area contributed by atoms with Crippen LogP contribution in [0.4, 0.5) is 0 Å². The average molecular weight is 347 g/mol. The number of hydrogen-bond acceptors (Lipinski definition) is 3. The number of carbonyl (C=O) groups is 1. The molecule has 0 aliphatic carbocycles.